The number of piperidine rings is 2. The number of likely N-dealkylation sites (tertiary alicyclic amines) is 1. The van der Waals surface area contributed by atoms with Gasteiger partial charge < -0.3 is 57.3 Å². The van der Waals surface area contributed by atoms with Gasteiger partial charge in [-0.05, 0) is 99.1 Å². The van der Waals surface area contributed by atoms with E-state index in [4.69, 9.17) is 27.2 Å². The Bertz CT molecular complexity index is 1930. The summed E-state index contributed by atoms with van der Waals surface area (Å²) in [5.74, 6) is 1.62. The molecular formula is C42H57N11O4. The number of piperazine rings is 1. The summed E-state index contributed by atoms with van der Waals surface area (Å²) in [6.45, 7) is 4.34. The Morgan fingerprint density at radius 2 is 1.74 bits per heavy atom. The molecule has 5 heterocycles. The van der Waals surface area contributed by atoms with Crippen LogP contribution in [0.2, 0.25) is 0 Å². The average molecular weight is 780 g/mol. The standard InChI is InChI=1S/C42H57N11O4/c1-46-39(57)13-11-30(25-54)51(3)35-12-10-27(19-36(35)50(2)26-55)7-6-16-52-17-14-28(15-18-52)29-21-47-42(48-22-29)40-33-23-53(24-34(40)49-33)37(41(44)45)20-32(43)31-8-4-5-9-38(31)56/h4-5,8-10,12,19-22,25-26,28,30,33-34,40,49,56H,6-7,11,13-18,23-24,43-45H2,1-3H3,(H,46,57)/b32-20-. The minimum atomic E-state index is -0.493. The molecule has 9 N–H and O–H groups in total. The molecular weight excluding hydrogens is 723 g/mol. The number of carbonyl (C=O) groups is 3. The Morgan fingerprint density at radius 3 is 2.37 bits per heavy atom. The minimum Gasteiger partial charge on any atom is -0.507 e. The van der Waals surface area contributed by atoms with E-state index in [1.165, 1.54) is 10.5 Å². The van der Waals surface area contributed by atoms with Crippen molar-refractivity contribution in [1.82, 2.24) is 30.4 Å². The van der Waals surface area contributed by atoms with E-state index >= 15 is 0 Å². The number of para-hydroxylation sites is 1. The van der Waals surface area contributed by atoms with E-state index in [0.29, 0.717) is 42.4 Å². The Kier molecular flexibility index (Phi) is 13.3. The molecule has 304 valence electrons. The first-order valence-electron chi connectivity index (χ1n) is 19.8. The van der Waals surface area contributed by atoms with Gasteiger partial charge in [0.25, 0.3) is 0 Å². The van der Waals surface area contributed by atoms with Crippen molar-refractivity contribution in [3.05, 3.63) is 95.0 Å². The van der Waals surface area contributed by atoms with Crippen LogP contribution in [0.25, 0.3) is 5.70 Å². The number of fused-ring (bicyclic) bond motifs is 2. The molecule has 3 unspecified atom stereocenters. The van der Waals surface area contributed by atoms with Gasteiger partial charge in [0.2, 0.25) is 12.3 Å². The number of aromatic hydroxyl groups is 1. The number of nitrogens with one attached hydrogen (secondary N) is 2. The van der Waals surface area contributed by atoms with Gasteiger partial charge in [0.05, 0.1) is 29.0 Å². The third-order valence-corrected chi connectivity index (χ3v) is 11.8. The lowest BCUT2D eigenvalue weighted by atomic mass is 9.77. The number of phenols is 1. The summed E-state index contributed by atoms with van der Waals surface area (Å²) in [5.41, 5.74) is 23.9. The minimum absolute atomic E-state index is 0.0969. The van der Waals surface area contributed by atoms with Crippen LogP contribution in [0.1, 0.15) is 66.5 Å². The second-order valence-electron chi connectivity index (χ2n) is 15.4. The van der Waals surface area contributed by atoms with Gasteiger partial charge in [0, 0.05) is 76.4 Å². The van der Waals surface area contributed by atoms with Crippen LogP contribution in [0.15, 0.2) is 72.5 Å². The van der Waals surface area contributed by atoms with E-state index in [1.807, 2.05) is 42.5 Å². The van der Waals surface area contributed by atoms with E-state index in [1.54, 1.807) is 38.4 Å². The smallest absolute Gasteiger partial charge is 0.219 e. The molecule has 0 aliphatic carbocycles. The number of phenolic OH excluding ortho intramolecular Hbond substituents is 1. The first kappa shape index (κ1) is 41.0. The number of nitrogens with zero attached hydrogens (tertiary/aromatic N) is 6. The van der Waals surface area contributed by atoms with Crippen molar-refractivity contribution in [2.24, 2.45) is 17.2 Å². The highest BCUT2D eigenvalue weighted by Crippen LogP contribution is 2.38. The third-order valence-electron chi connectivity index (χ3n) is 11.8. The van der Waals surface area contributed by atoms with Crippen LogP contribution >= 0.6 is 0 Å². The van der Waals surface area contributed by atoms with Gasteiger partial charge in [0.1, 0.15) is 23.7 Å². The Hall–Kier alpha value is -5.67. The highest BCUT2D eigenvalue weighted by atomic mass is 16.3. The molecule has 1 aromatic heterocycles. The largest absolute Gasteiger partial charge is 0.507 e. The molecule has 2 aromatic carbocycles. The molecule has 4 aliphatic heterocycles. The summed E-state index contributed by atoms with van der Waals surface area (Å²) in [6, 6.07) is 12.8. The fourth-order valence-corrected chi connectivity index (χ4v) is 8.41. The van der Waals surface area contributed by atoms with Crippen molar-refractivity contribution in [1.29, 1.82) is 0 Å². The molecule has 15 nitrogen and oxygen atoms in total. The van der Waals surface area contributed by atoms with Crippen molar-refractivity contribution < 1.29 is 19.5 Å². The van der Waals surface area contributed by atoms with Gasteiger partial charge in [-0.1, -0.05) is 18.2 Å². The first-order valence-corrected chi connectivity index (χ1v) is 19.8. The Labute approximate surface area is 335 Å². The average Bonchev–Trinajstić information content (AvgIpc) is 3.23. The summed E-state index contributed by atoms with van der Waals surface area (Å²) in [6.07, 6.45) is 12.0. The number of carbonyl (C=O) groups excluding carboxylic acids is 3. The van der Waals surface area contributed by atoms with Crippen LogP contribution in [0, 0.1) is 0 Å². The number of hydrogen-bond donors (Lipinski definition) is 6. The molecule has 15 heteroatoms. The van der Waals surface area contributed by atoms with E-state index in [9.17, 15) is 19.5 Å². The number of nitrogens with two attached hydrogens (primary N) is 3. The lowest BCUT2D eigenvalue weighted by molar-refractivity contribution is -0.120. The SMILES string of the molecule is CNC(=O)CCC(C=O)N(C)c1ccc(CCCN2CCC(c3cnc(C4C5CN(C(/C=C(\N)c6ccccc6O)=C(N)N)CC4N5)nc3)CC2)cc1N(C)C=O. The molecule has 2 bridgehead atoms. The lowest BCUT2D eigenvalue weighted by Crippen LogP contribution is -2.71. The maximum atomic E-state index is 11.9. The molecule has 0 spiro atoms. The van der Waals surface area contributed by atoms with Crippen molar-refractivity contribution in [2.75, 3.05) is 63.7 Å². The number of likely N-dealkylation sites (N-methyl/N-ethyl adjacent to an activating group) is 1. The molecule has 2 amide bonds. The van der Waals surface area contributed by atoms with Crippen LogP contribution in [0.5, 0.6) is 5.75 Å². The number of anilines is 2. The zero-order chi connectivity index (χ0) is 40.6. The molecule has 0 radical (unpaired) electrons. The summed E-state index contributed by atoms with van der Waals surface area (Å²) in [7, 11) is 5.11. The van der Waals surface area contributed by atoms with Crippen LogP contribution in [-0.2, 0) is 20.8 Å². The summed E-state index contributed by atoms with van der Waals surface area (Å²) in [4.78, 5) is 53.3. The molecule has 4 fully saturated rings. The highest BCUT2D eigenvalue weighted by molar-refractivity contribution is 5.85. The number of benzene rings is 2. The number of aryl methyl sites for hydroxylation is 1. The van der Waals surface area contributed by atoms with Crippen LogP contribution < -0.4 is 37.6 Å². The third kappa shape index (κ3) is 9.48. The molecule has 3 atom stereocenters. The van der Waals surface area contributed by atoms with Crippen molar-refractivity contribution in [3.63, 3.8) is 0 Å². The fraction of sp³-hybridized carbons (Fsp3) is 0.452. The first-order chi connectivity index (χ1) is 27.5. The molecule has 4 aliphatic rings. The Morgan fingerprint density at radius 1 is 1.04 bits per heavy atom. The van der Waals surface area contributed by atoms with Gasteiger partial charge in [0.15, 0.2) is 0 Å². The predicted octanol–water partition coefficient (Wildman–Crippen LogP) is 1.94. The lowest BCUT2D eigenvalue weighted by Gasteiger charge is -2.54. The monoisotopic (exact) mass is 779 g/mol. The zero-order valence-corrected chi connectivity index (χ0v) is 33.2. The summed E-state index contributed by atoms with van der Waals surface area (Å²) >= 11 is 0. The number of amides is 2. The van der Waals surface area contributed by atoms with Gasteiger partial charge >= 0.3 is 0 Å². The molecule has 7 rings (SSSR count). The highest BCUT2D eigenvalue weighted by Gasteiger charge is 2.49. The van der Waals surface area contributed by atoms with Crippen LogP contribution in [0.3, 0.4) is 0 Å². The van der Waals surface area contributed by atoms with Crippen LogP contribution in [-0.4, -0.2) is 115 Å². The normalized spacial score (nSPS) is 20.2. The van der Waals surface area contributed by atoms with Gasteiger partial charge in [-0.2, -0.15) is 0 Å². The predicted molar refractivity (Wildman–Crippen MR) is 222 cm³/mol. The van der Waals surface area contributed by atoms with Gasteiger partial charge in [-0.15, -0.1) is 0 Å². The summed E-state index contributed by atoms with van der Waals surface area (Å²) in [5, 5.41) is 16.5. The van der Waals surface area contributed by atoms with E-state index < -0.39 is 6.04 Å². The second-order valence-corrected chi connectivity index (χ2v) is 15.4. The van der Waals surface area contributed by atoms with E-state index in [0.717, 1.165) is 80.8 Å². The van der Waals surface area contributed by atoms with Gasteiger partial charge in [-0.25, -0.2) is 9.97 Å². The zero-order valence-electron chi connectivity index (χ0n) is 33.2. The van der Waals surface area contributed by atoms with Crippen molar-refractivity contribution in [3.8, 4) is 5.75 Å². The molecule has 0 saturated carbocycles. The van der Waals surface area contributed by atoms with E-state index in [2.05, 4.69) is 26.5 Å². The number of aldehydes is 1. The van der Waals surface area contributed by atoms with E-state index in [-0.39, 0.29) is 41.9 Å². The maximum absolute atomic E-state index is 11.9. The Balaban J connectivity index is 0.978. The topological polar surface area (TPSA) is 212 Å². The second kappa shape index (κ2) is 18.5. The van der Waals surface area contributed by atoms with Crippen molar-refractivity contribution in [2.45, 2.75) is 68.5 Å². The number of aromatic nitrogens is 2. The number of rotatable bonds is 17. The maximum Gasteiger partial charge on any atom is 0.219 e. The van der Waals surface area contributed by atoms with Crippen molar-refractivity contribution >= 4 is 35.7 Å². The van der Waals surface area contributed by atoms with Gasteiger partial charge in [-0.3, -0.25) is 9.59 Å². The molecule has 4 saturated heterocycles. The fourth-order valence-electron chi connectivity index (χ4n) is 8.41. The number of hydrogen-bond acceptors (Lipinski definition) is 13. The van der Waals surface area contributed by atoms with Crippen LogP contribution in [0.4, 0.5) is 11.4 Å². The quantitative estimate of drug-likeness (QED) is 0.0856. The number of allylic oxidation sites excluding steroid dienone is 1. The molecule has 3 aromatic rings. The summed E-state index contributed by atoms with van der Waals surface area (Å²) < 4.78 is 0. The molecule has 57 heavy (non-hydrogen) atoms.